The van der Waals surface area contributed by atoms with Gasteiger partial charge in [0.05, 0.1) is 18.6 Å². The van der Waals surface area contributed by atoms with E-state index in [1.54, 1.807) is 0 Å². The van der Waals surface area contributed by atoms with E-state index in [1.807, 2.05) is 37.0 Å². The first kappa shape index (κ1) is 21.9. The highest BCUT2D eigenvalue weighted by Crippen LogP contribution is 2.41. The largest absolute Gasteiger partial charge is 0.469 e. The van der Waals surface area contributed by atoms with Crippen LogP contribution in [0.1, 0.15) is 41.5 Å². The van der Waals surface area contributed by atoms with E-state index in [0.29, 0.717) is 0 Å². The van der Waals surface area contributed by atoms with E-state index in [0.717, 1.165) is 5.57 Å². The third-order valence-electron chi connectivity index (χ3n) is 4.43. The number of ether oxygens (including phenoxy) is 1. The molecule has 0 N–H and O–H groups in total. The van der Waals surface area contributed by atoms with Crippen molar-refractivity contribution in [1.82, 2.24) is 0 Å². The second kappa shape index (κ2) is 8.10. The first-order valence-electron chi connectivity index (χ1n) is 7.51. The molecule has 0 radical (unpaired) electrons. The van der Waals surface area contributed by atoms with Crippen LogP contribution in [0.3, 0.4) is 0 Å². The molecule has 0 fully saturated rings. The first-order valence-corrected chi connectivity index (χ1v) is 11.7. The van der Waals surface area contributed by atoms with Crippen LogP contribution in [0, 0.1) is 5.41 Å². The first-order chi connectivity index (χ1) is 9.81. The fourth-order valence-corrected chi connectivity index (χ4v) is 3.56. The van der Waals surface area contributed by atoms with Gasteiger partial charge in [0, 0.05) is 0 Å². The van der Waals surface area contributed by atoms with Crippen LogP contribution in [0.2, 0.25) is 18.1 Å². The fourth-order valence-electron chi connectivity index (χ4n) is 1.93. The van der Waals surface area contributed by atoms with Crippen LogP contribution >= 0.6 is 22.6 Å². The van der Waals surface area contributed by atoms with Crippen LogP contribution in [0.4, 0.5) is 0 Å². The minimum absolute atomic E-state index is 0.0802. The van der Waals surface area contributed by atoms with Crippen molar-refractivity contribution in [3.63, 3.8) is 0 Å². The summed E-state index contributed by atoms with van der Waals surface area (Å²) in [5, 5.41) is 0.0802. The van der Waals surface area contributed by atoms with Gasteiger partial charge < -0.3 is 9.16 Å². The molecule has 0 heterocycles. The van der Waals surface area contributed by atoms with Crippen molar-refractivity contribution in [2.75, 3.05) is 7.11 Å². The van der Waals surface area contributed by atoms with Crippen molar-refractivity contribution >= 4 is 36.9 Å². The number of hydrogen-bond acceptors (Lipinski definition) is 3. The third kappa shape index (κ3) is 5.49. The van der Waals surface area contributed by atoms with Gasteiger partial charge in [-0.1, -0.05) is 55.5 Å². The Kier molecular flexibility index (Phi) is 8.05. The average Bonchev–Trinajstić information content (AvgIpc) is 2.39. The van der Waals surface area contributed by atoms with E-state index < -0.39 is 13.7 Å². The van der Waals surface area contributed by atoms with Crippen LogP contribution in [0.25, 0.3) is 0 Å². The molecule has 0 bridgehead atoms. The summed E-state index contributed by atoms with van der Waals surface area (Å²) in [5.41, 5.74) is 0.303. The molecule has 5 heteroatoms. The topological polar surface area (TPSA) is 35.5 Å². The summed E-state index contributed by atoms with van der Waals surface area (Å²) in [7, 11) is -0.585. The van der Waals surface area contributed by atoms with Crippen molar-refractivity contribution < 1.29 is 14.0 Å². The fraction of sp³-hybridized carbons (Fsp3) is 0.706. The minimum Gasteiger partial charge on any atom is -0.469 e. The molecule has 1 atom stereocenters. The van der Waals surface area contributed by atoms with Gasteiger partial charge >= 0.3 is 5.97 Å². The Morgan fingerprint density at radius 2 is 1.68 bits per heavy atom. The smallest absolute Gasteiger partial charge is 0.314 e. The number of carbonyl (C=O) groups is 1. The Bertz CT molecular complexity index is 445. The van der Waals surface area contributed by atoms with Gasteiger partial charge in [-0.2, -0.15) is 0 Å². The molecule has 3 nitrogen and oxygen atoms in total. The highest BCUT2D eigenvalue weighted by molar-refractivity contribution is 14.1. The lowest BCUT2D eigenvalue weighted by Crippen LogP contribution is -2.50. The molecule has 0 aromatic rings. The molecule has 0 spiro atoms. The lowest BCUT2D eigenvalue weighted by Gasteiger charge is -2.43. The Labute approximate surface area is 150 Å². The molecule has 128 valence electrons. The molecule has 0 saturated carbocycles. The molecule has 0 aromatic heterocycles. The molecular formula is C17H31IO3Si. The quantitative estimate of drug-likeness (QED) is 0.239. The van der Waals surface area contributed by atoms with E-state index in [1.165, 1.54) is 7.11 Å². The minimum atomic E-state index is -2.01. The number of allylic oxidation sites excluding steroid dienone is 2. The number of carbonyl (C=O) groups excluding carboxylic acids is 1. The van der Waals surface area contributed by atoms with Gasteiger partial charge in [-0.15, -0.1) is 0 Å². The molecule has 0 rings (SSSR count). The Morgan fingerprint density at radius 3 is 2.05 bits per heavy atom. The van der Waals surface area contributed by atoms with Crippen LogP contribution in [-0.4, -0.2) is 27.5 Å². The van der Waals surface area contributed by atoms with Crippen molar-refractivity contribution in [2.45, 2.75) is 65.8 Å². The molecule has 0 aliphatic heterocycles. The number of rotatable bonds is 6. The van der Waals surface area contributed by atoms with Gasteiger partial charge in [0.1, 0.15) is 0 Å². The summed E-state index contributed by atoms with van der Waals surface area (Å²) in [5.74, 6) is -0.248. The molecule has 0 aromatic carbocycles. The summed E-state index contributed by atoms with van der Waals surface area (Å²) in [6.07, 6.45) is 3.67. The maximum Gasteiger partial charge on any atom is 0.314 e. The second-order valence-electron chi connectivity index (χ2n) is 7.70. The van der Waals surface area contributed by atoms with Crippen molar-refractivity contribution in [1.29, 1.82) is 0 Å². The lowest BCUT2D eigenvalue weighted by atomic mass is 9.83. The van der Waals surface area contributed by atoms with E-state index >= 15 is 0 Å². The van der Waals surface area contributed by atoms with E-state index in [4.69, 9.17) is 9.16 Å². The van der Waals surface area contributed by atoms with Gasteiger partial charge in [-0.05, 0) is 48.6 Å². The van der Waals surface area contributed by atoms with E-state index in [9.17, 15) is 4.79 Å². The molecule has 0 saturated heterocycles. The Morgan fingerprint density at radius 1 is 1.18 bits per heavy atom. The van der Waals surface area contributed by atoms with Gasteiger partial charge in [0.25, 0.3) is 0 Å². The monoisotopic (exact) mass is 438 g/mol. The SMILES string of the molecule is COC(=O)C(C)(C)[C@@H](O[Si](C)(C)C(C)(C)C)/C(C)=C\C=C/I. The van der Waals surface area contributed by atoms with E-state index in [-0.39, 0.29) is 17.1 Å². The average molecular weight is 438 g/mol. The summed E-state index contributed by atoms with van der Waals surface area (Å²) in [4.78, 5) is 12.3. The predicted octanol–water partition coefficient (Wildman–Crippen LogP) is 5.47. The van der Waals surface area contributed by atoms with Crippen LogP contribution in [0.5, 0.6) is 0 Å². The summed E-state index contributed by atoms with van der Waals surface area (Å²) >= 11 is 2.18. The van der Waals surface area contributed by atoms with Gasteiger partial charge in [0.2, 0.25) is 0 Å². The molecule has 0 aliphatic rings. The molecule has 22 heavy (non-hydrogen) atoms. The molecular weight excluding hydrogens is 407 g/mol. The molecule has 0 aliphatic carbocycles. The second-order valence-corrected chi connectivity index (χ2v) is 13.2. The predicted molar refractivity (Wildman–Crippen MR) is 105 cm³/mol. The maximum atomic E-state index is 12.3. The third-order valence-corrected chi connectivity index (χ3v) is 9.28. The van der Waals surface area contributed by atoms with Crippen molar-refractivity contribution in [2.24, 2.45) is 5.41 Å². The lowest BCUT2D eigenvalue weighted by molar-refractivity contribution is -0.155. The van der Waals surface area contributed by atoms with E-state index in [2.05, 4.69) is 56.5 Å². The van der Waals surface area contributed by atoms with Crippen molar-refractivity contribution in [3.8, 4) is 0 Å². The zero-order valence-electron chi connectivity index (χ0n) is 15.4. The molecule has 0 amide bonds. The van der Waals surface area contributed by atoms with Gasteiger partial charge in [-0.3, -0.25) is 4.79 Å². The number of hydrogen-bond donors (Lipinski definition) is 0. The van der Waals surface area contributed by atoms with Gasteiger partial charge in [0.15, 0.2) is 8.32 Å². The maximum absolute atomic E-state index is 12.3. The summed E-state index contributed by atoms with van der Waals surface area (Å²) in [6, 6.07) is 0. The van der Waals surface area contributed by atoms with Crippen molar-refractivity contribution in [3.05, 3.63) is 21.8 Å². The zero-order valence-corrected chi connectivity index (χ0v) is 18.6. The Hall–Kier alpha value is -0.143. The summed E-state index contributed by atoms with van der Waals surface area (Å²) in [6.45, 7) is 16.8. The number of esters is 1. The van der Waals surface area contributed by atoms with Crippen LogP contribution in [0.15, 0.2) is 21.8 Å². The zero-order chi connectivity index (χ0) is 17.8. The van der Waals surface area contributed by atoms with Crippen LogP contribution in [-0.2, 0) is 14.0 Å². The van der Waals surface area contributed by atoms with Gasteiger partial charge in [-0.25, -0.2) is 0 Å². The van der Waals surface area contributed by atoms with Crippen LogP contribution < -0.4 is 0 Å². The molecule has 0 unspecified atom stereocenters. The summed E-state index contributed by atoms with van der Waals surface area (Å²) < 4.78 is 13.5. The normalized spacial score (nSPS) is 16.0. The standard InChI is InChI=1S/C17H31IO3Si/c1-13(11-10-12-18)14(17(5,6)15(19)20-7)21-22(8,9)16(2,3)4/h10-12,14H,1-9H3/b12-10-,13-11-/t14-/m0/s1. The highest BCUT2D eigenvalue weighted by atomic mass is 127. The number of halogens is 1. The number of methoxy groups -OCH3 is 1. The highest BCUT2D eigenvalue weighted by Gasteiger charge is 2.46. The Balaban J connectivity index is 5.79.